The van der Waals surface area contributed by atoms with Crippen LogP contribution >= 0.6 is 11.6 Å². The molecule has 2 unspecified atom stereocenters. The predicted molar refractivity (Wildman–Crippen MR) is 74.7 cm³/mol. The highest BCUT2D eigenvalue weighted by Crippen LogP contribution is 2.18. The Balaban J connectivity index is 2.62. The first-order valence-corrected chi connectivity index (χ1v) is 6.75. The van der Waals surface area contributed by atoms with E-state index in [0.717, 1.165) is 36.4 Å². The molecule has 0 heterocycles. The fourth-order valence-corrected chi connectivity index (χ4v) is 2.05. The standard InChI is InChI=1S/C14H22ClNO/c1-3-5-13(14(17)6-4-2)16-12-9-7-11(15)8-10-12/h7-10,13-14,16-17H,3-6H2,1-2H3. The molecule has 0 fully saturated rings. The number of anilines is 1. The molecule has 1 aromatic rings. The van der Waals surface area contributed by atoms with Gasteiger partial charge in [-0.2, -0.15) is 0 Å². The van der Waals surface area contributed by atoms with Crippen molar-refractivity contribution in [1.29, 1.82) is 0 Å². The number of aliphatic hydroxyl groups excluding tert-OH is 1. The molecule has 0 aliphatic rings. The molecule has 0 amide bonds. The Labute approximate surface area is 109 Å². The third-order valence-electron chi connectivity index (χ3n) is 2.84. The van der Waals surface area contributed by atoms with Crippen molar-refractivity contribution in [2.45, 2.75) is 51.7 Å². The minimum atomic E-state index is -0.282. The highest BCUT2D eigenvalue weighted by Gasteiger charge is 2.17. The predicted octanol–water partition coefficient (Wildman–Crippen LogP) is 4.08. The maximum absolute atomic E-state index is 10.1. The van der Waals surface area contributed by atoms with Gasteiger partial charge in [-0.3, -0.25) is 0 Å². The second kappa shape index (κ2) is 7.57. The molecule has 0 spiro atoms. The third kappa shape index (κ3) is 4.97. The Morgan fingerprint density at radius 3 is 2.24 bits per heavy atom. The molecule has 0 saturated heterocycles. The third-order valence-corrected chi connectivity index (χ3v) is 3.10. The van der Waals surface area contributed by atoms with Crippen molar-refractivity contribution in [3.8, 4) is 0 Å². The number of rotatable bonds is 7. The molecular weight excluding hydrogens is 234 g/mol. The number of nitrogens with one attached hydrogen (secondary N) is 1. The topological polar surface area (TPSA) is 32.3 Å². The molecule has 2 atom stereocenters. The molecule has 0 radical (unpaired) electrons. The fraction of sp³-hybridized carbons (Fsp3) is 0.571. The molecule has 1 rings (SSSR count). The number of hydrogen-bond donors (Lipinski definition) is 2. The Morgan fingerprint density at radius 2 is 1.71 bits per heavy atom. The summed E-state index contributed by atoms with van der Waals surface area (Å²) in [5.74, 6) is 0. The van der Waals surface area contributed by atoms with Crippen molar-refractivity contribution < 1.29 is 5.11 Å². The van der Waals surface area contributed by atoms with Gasteiger partial charge >= 0.3 is 0 Å². The van der Waals surface area contributed by atoms with E-state index in [0.29, 0.717) is 0 Å². The van der Waals surface area contributed by atoms with Gasteiger partial charge in [0, 0.05) is 10.7 Å². The molecule has 3 heteroatoms. The van der Waals surface area contributed by atoms with Crippen molar-refractivity contribution in [3.05, 3.63) is 29.3 Å². The minimum Gasteiger partial charge on any atom is -0.391 e. The van der Waals surface area contributed by atoms with Gasteiger partial charge in [0.2, 0.25) is 0 Å². The van der Waals surface area contributed by atoms with Crippen LogP contribution in [0.3, 0.4) is 0 Å². The summed E-state index contributed by atoms with van der Waals surface area (Å²) in [4.78, 5) is 0. The lowest BCUT2D eigenvalue weighted by molar-refractivity contribution is 0.137. The summed E-state index contributed by atoms with van der Waals surface area (Å²) < 4.78 is 0. The van der Waals surface area contributed by atoms with Crippen LogP contribution in [0.15, 0.2) is 24.3 Å². The van der Waals surface area contributed by atoms with E-state index in [9.17, 15) is 5.11 Å². The van der Waals surface area contributed by atoms with Gasteiger partial charge in [-0.15, -0.1) is 0 Å². The Morgan fingerprint density at radius 1 is 1.12 bits per heavy atom. The average molecular weight is 256 g/mol. The molecule has 0 bridgehead atoms. The minimum absolute atomic E-state index is 0.126. The van der Waals surface area contributed by atoms with Gasteiger partial charge < -0.3 is 10.4 Å². The quantitative estimate of drug-likeness (QED) is 0.769. The summed E-state index contributed by atoms with van der Waals surface area (Å²) in [5.41, 5.74) is 1.02. The van der Waals surface area contributed by atoms with Crippen LogP contribution in [0.2, 0.25) is 5.02 Å². The average Bonchev–Trinajstić information content (AvgIpc) is 2.31. The number of aliphatic hydroxyl groups is 1. The van der Waals surface area contributed by atoms with Gasteiger partial charge in [0.05, 0.1) is 12.1 Å². The molecule has 0 aliphatic carbocycles. The molecule has 0 aromatic heterocycles. The summed E-state index contributed by atoms with van der Waals surface area (Å²) in [5, 5.41) is 14.2. The number of benzene rings is 1. The van der Waals surface area contributed by atoms with Crippen molar-refractivity contribution >= 4 is 17.3 Å². The largest absolute Gasteiger partial charge is 0.391 e. The van der Waals surface area contributed by atoms with Gasteiger partial charge in [0.25, 0.3) is 0 Å². The fourth-order valence-electron chi connectivity index (χ4n) is 1.93. The van der Waals surface area contributed by atoms with Crippen LogP contribution in [0.25, 0.3) is 0 Å². The van der Waals surface area contributed by atoms with Crippen LogP contribution in [0, 0.1) is 0 Å². The molecule has 96 valence electrons. The van der Waals surface area contributed by atoms with Crippen molar-refractivity contribution in [2.75, 3.05) is 5.32 Å². The lowest BCUT2D eigenvalue weighted by atomic mass is 10.0. The van der Waals surface area contributed by atoms with E-state index < -0.39 is 0 Å². The number of hydrogen-bond acceptors (Lipinski definition) is 2. The molecule has 0 saturated carbocycles. The summed E-state index contributed by atoms with van der Waals surface area (Å²) >= 11 is 5.84. The lowest BCUT2D eigenvalue weighted by Gasteiger charge is -2.24. The van der Waals surface area contributed by atoms with Crippen molar-refractivity contribution in [2.24, 2.45) is 0 Å². The van der Waals surface area contributed by atoms with E-state index in [2.05, 4.69) is 19.2 Å². The van der Waals surface area contributed by atoms with Gasteiger partial charge in [0.15, 0.2) is 0 Å². The van der Waals surface area contributed by atoms with E-state index in [1.165, 1.54) is 0 Å². The second-order valence-electron chi connectivity index (χ2n) is 4.40. The normalized spacial score (nSPS) is 14.4. The monoisotopic (exact) mass is 255 g/mol. The first-order valence-electron chi connectivity index (χ1n) is 6.37. The second-order valence-corrected chi connectivity index (χ2v) is 4.84. The van der Waals surface area contributed by atoms with E-state index in [1.54, 1.807) is 0 Å². The van der Waals surface area contributed by atoms with Gasteiger partial charge in [-0.25, -0.2) is 0 Å². The molecule has 17 heavy (non-hydrogen) atoms. The first kappa shape index (κ1) is 14.3. The van der Waals surface area contributed by atoms with E-state index >= 15 is 0 Å². The van der Waals surface area contributed by atoms with E-state index in [-0.39, 0.29) is 12.1 Å². The first-order chi connectivity index (χ1) is 8.17. The lowest BCUT2D eigenvalue weighted by Crippen LogP contribution is -2.33. The van der Waals surface area contributed by atoms with Gasteiger partial charge in [-0.1, -0.05) is 38.3 Å². The zero-order valence-electron chi connectivity index (χ0n) is 10.6. The van der Waals surface area contributed by atoms with Crippen molar-refractivity contribution in [1.82, 2.24) is 0 Å². The summed E-state index contributed by atoms with van der Waals surface area (Å²) in [6, 6.07) is 7.74. The van der Waals surface area contributed by atoms with Crippen LogP contribution < -0.4 is 5.32 Å². The SMILES string of the molecule is CCCC(O)C(CCC)Nc1ccc(Cl)cc1. The van der Waals surface area contributed by atoms with E-state index in [1.807, 2.05) is 24.3 Å². The van der Waals surface area contributed by atoms with Crippen molar-refractivity contribution in [3.63, 3.8) is 0 Å². The molecular formula is C14H22ClNO. The highest BCUT2D eigenvalue weighted by atomic mass is 35.5. The molecule has 0 aliphatic heterocycles. The van der Waals surface area contributed by atoms with E-state index in [4.69, 9.17) is 11.6 Å². The molecule has 2 N–H and O–H groups in total. The molecule has 2 nitrogen and oxygen atoms in total. The molecule has 1 aromatic carbocycles. The highest BCUT2D eigenvalue weighted by molar-refractivity contribution is 6.30. The summed E-state index contributed by atoms with van der Waals surface area (Å²) in [6.45, 7) is 4.23. The summed E-state index contributed by atoms with van der Waals surface area (Å²) in [6.07, 6.45) is 3.60. The van der Waals surface area contributed by atoms with Gasteiger partial charge in [-0.05, 0) is 37.1 Å². The summed E-state index contributed by atoms with van der Waals surface area (Å²) in [7, 11) is 0. The Hall–Kier alpha value is -0.730. The van der Waals surface area contributed by atoms with Crippen LogP contribution in [0.1, 0.15) is 39.5 Å². The zero-order valence-corrected chi connectivity index (χ0v) is 11.4. The van der Waals surface area contributed by atoms with Crippen LogP contribution in [-0.4, -0.2) is 17.3 Å². The smallest absolute Gasteiger partial charge is 0.0741 e. The Kier molecular flexibility index (Phi) is 6.38. The maximum atomic E-state index is 10.1. The van der Waals surface area contributed by atoms with Crippen LogP contribution in [-0.2, 0) is 0 Å². The maximum Gasteiger partial charge on any atom is 0.0741 e. The Bertz CT molecular complexity index is 313. The van der Waals surface area contributed by atoms with Crippen LogP contribution in [0.5, 0.6) is 0 Å². The van der Waals surface area contributed by atoms with Gasteiger partial charge in [0.1, 0.15) is 0 Å². The zero-order chi connectivity index (χ0) is 12.7. The number of halogens is 1. The van der Waals surface area contributed by atoms with Crippen LogP contribution in [0.4, 0.5) is 5.69 Å².